The van der Waals surface area contributed by atoms with Crippen LogP contribution >= 0.6 is 0 Å². The molecule has 20 heavy (non-hydrogen) atoms. The third-order valence-corrected chi connectivity index (χ3v) is 2.97. The molecule has 1 aromatic carbocycles. The van der Waals surface area contributed by atoms with E-state index < -0.39 is 0 Å². The summed E-state index contributed by atoms with van der Waals surface area (Å²) in [6, 6.07) is 13.6. The minimum Gasteiger partial charge on any atom is -0.395 e. The number of nitrogens with one attached hydrogen (secondary N) is 1. The summed E-state index contributed by atoms with van der Waals surface area (Å²) in [5, 5.41) is 16.7. The van der Waals surface area contributed by atoms with Gasteiger partial charge in [0.25, 0.3) is 0 Å². The van der Waals surface area contributed by atoms with Crippen LogP contribution in [0.5, 0.6) is 0 Å². The van der Waals surface area contributed by atoms with E-state index in [9.17, 15) is 5.11 Å². The van der Waals surface area contributed by atoms with E-state index in [-0.39, 0.29) is 12.4 Å². The van der Waals surface area contributed by atoms with Crippen molar-refractivity contribution >= 4 is 11.5 Å². The van der Waals surface area contributed by atoms with Crippen molar-refractivity contribution < 1.29 is 5.11 Å². The molecule has 0 aliphatic carbocycles. The van der Waals surface area contributed by atoms with Gasteiger partial charge in [-0.1, -0.05) is 30.3 Å². The van der Waals surface area contributed by atoms with Crippen LogP contribution in [0.1, 0.15) is 11.3 Å². The molecule has 1 aromatic heterocycles. The molecule has 0 radical (unpaired) electrons. The maximum atomic E-state index is 9.23. The monoisotopic (exact) mass is 270 g/mol. The highest BCUT2D eigenvalue weighted by atomic mass is 16.3. The number of anilines is 1. The minimum absolute atomic E-state index is 0.0597. The quantitative estimate of drug-likeness (QED) is 0.546. The number of pyridine rings is 1. The number of nitrogens with two attached hydrogens (primary N) is 1. The van der Waals surface area contributed by atoms with E-state index >= 15 is 0 Å². The fraction of sp³-hybridized carbons (Fsp3) is 0.200. The molecule has 0 aliphatic rings. The topological polar surface area (TPSA) is 86.2 Å². The van der Waals surface area contributed by atoms with Gasteiger partial charge in [0.15, 0.2) is 0 Å². The van der Waals surface area contributed by atoms with Crippen LogP contribution in [-0.2, 0) is 6.54 Å². The van der Waals surface area contributed by atoms with Crippen LogP contribution in [0, 0.1) is 5.41 Å². The van der Waals surface area contributed by atoms with Crippen LogP contribution in [0.15, 0.2) is 48.7 Å². The van der Waals surface area contributed by atoms with E-state index in [1.54, 1.807) is 12.3 Å². The number of amidine groups is 1. The SMILES string of the molecule is N=C(N)c1cc(N(CCO)Cc2ccccc2)ccn1. The molecule has 5 nitrogen and oxygen atoms in total. The fourth-order valence-electron chi connectivity index (χ4n) is 1.99. The number of aliphatic hydroxyl groups is 1. The van der Waals surface area contributed by atoms with E-state index in [0.717, 1.165) is 11.3 Å². The molecule has 5 heteroatoms. The molecular weight excluding hydrogens is 252 g/mol. The van der Waals surface area contributed by atoms with Crippen molar-refractivity contribution in [2.45, 2.75) is 6.54 Å². The van der Waals surface area contributed by atoms with Crippen molar-refractivity contribution in [3.8, 4) is 0 Å². The largest absolute Gasteiger partial charge is 0.395 e. The summed E-state index contributed by atoms with van der Waals surface area (Å²) in [4.78, 5) is 6.08. The zero-order valence-electron chi connectivity index (χ0n) is 11.2. The first-order chi connectivity index (χ1) is 9.70. The molecule has 4 N–H and O–H groups in total. The summed E-state index contributed by atoms with van der Waals surface area (Å²) in [5.74, 6) is -0.0597. The second-order valence-electron chi connectivity index (χ2n) is 4.44. The lowest BCUT2D eigenvalue weighted by Gasteiger charge is -2.24. The minimum atomic E-state index is -0.0597. The van der Waals surface area contributed by atoms with Crippen LogP contribution in [0.25, 0.3) is 0 Å². The number of benzene rings is 1. The van der Waals surface area contributed by atoms with Gasteiger partial charge < -0.3 is 15.7 Å². The molecule has 2 aromatic rings. The Labute approximate surface area is 118 Å². The van der Waals surface area contributed by atoms with Gasteiger partial charge >= 0.3 is 0 Å². The van der Waals surface area contributed by atoms with E-state index in [1.165, 1.54) is 0 Å². The predicted molar refractivity (Wildman–Crippen MR) is 79.8 cm³/mol. The lowest BCUT2D eigenvalue weighted by molar-refractivity contribution is 0.301. The molecule has 2 rings (SSSR count). The van der Waals surface area contributed by atoms with Gasteiger partial charge in [0.05, 0.1) is 6.61 Å². The molecule has 1 heterocycles. The fourth-order valence-corrected chi connectivity index (χ4v) is 1.99. The molecule has 0 aliphatic heterocycles. The Morgan fingerprint density at radius 2 is 2.00 bits per heavy atom. The van der Waals surface area contributed by atoms with Gasteiger partial charge in [0.2, 0.25) is 0 Å². The van der Waals surface area contributed by atoms with Gasteiger partial charge in [-0.25, -0.2) is 0 Å². The summed E-state index contributed by atoms with van der Waals surface area (Å²) in [6.45, 7) is 1.25. The maximum absolute atomic E-state index is 9.23. The molecule has 104 valence electrons. The zero-order valence-corrected chi connectivity index (χ0v) is 11.2. The van der Waals surface area contributed by atoms with Crippen molar-refractivity contribution in [3.05, 3.63) is 59.9 Å². The summed E-state index contributed by atoms with van der Waals surface area (Å²) in [7, 11) is 0. The van der Waals surface area contributed by atoms with Crippen molar-refractivity contribution in [2.75, 3.05) is 18.1 Å². The first-order valence-corrected chi connectivity index (χ1v) is 6.41. The Balaban J connectivity index is 2.24. The highest BCUT2D eigenvalue weighted by Gasteiger charge is 2.09. The Bertz CT molecular complexity index is 571. The van der Waals surface area contributed by atoms with Gasteiger partial charge in [-0.05, 0) is 17.7 Å². The molecule has 0 saturated heterocycles. The van der Waals surface area contributed by atoms with Crippen LogP contribution in [0.3, 0.4) is 0 Å². The predicted octanol–water partition coefficient (Wildman–Crippen LogP) is 1.36. The van der Waals surface area contributed by atoms with Gasteiger partial charge in [0.1, 0.15) is 11.5 Å². The average Bonchev–Trinajstić information content (AvgIpc) is 2.48. The molecule has 0 amide bonds. The Morgan fingerprint density at radius 3 is 2.65 bits per heavy atom. The summed E-state index contributed by atoms with van der Waals surface area (Å²) in [5.41, 5.74) is 7.95. The zero-order chi connectivity index (χ0) is 14.4. The lowest BCUT2D eigenvalue weighted by Crippen LogP contribution is -2.26. The normalized spacial score (nSPS) is 10.2. The number of hydrogen-bond donors (Lipinski definition) is 3. The third-order valence-electron chi connectivity index (χ3n) is 2.97. The van der Waals surface area contributed by atoms with E-state index in [1.807, 2.05) is 41.3 Å². The van der Waals surface area contributed by atoms with Crippen molar-refractivity contribution in [1.29, 1.82) is 5.41 Å². The number of hydrogen-bond acceptors (Lipinski definition) is 4. The number of nitrogen functional groups attached to an aromatic ring is 1. The summed E-state index contributed by atoms with van der Waals surface area (Å²) < 4.78 is 0. The van der Waals surface area contributed by atoms with Crippen LogP contribution in [0.2, 0.25) is 0 Å². The molecular formula is C15H18N4O. The number of rotatable bonds is 6. The lowest BCUT2D eigenvalue weighted by atomic mass is 10.2. The maximum Gasteiger partial charge on any atom is 0.141 e. The van der Waals surface area contributed by atoms with Crippen molar-refractivity contribution in [1.82, 2.24) is 4.98 Å². The molecule has 0 atom stereocenters. The molecule has 0 fully saturated rings. The average molecular weight is 270 g/mol. The van der Waals surface area contributed by atoms with Gasteiger partial charge in [-0.2, -0.15) is 0 Å². The van der Waals surface area contributed by atoms with Gasteiger partial charge in [-0.15, -0.1) is 0 Å². The molecule has 0 unspecified atom stereocenters. The van der Waals surface area contributed by atoms with Gasteiger partial charge in [0, 0.05) is 25.0 Å². The summed E-state index contributed by atoms with van der Waals surface area (Å²) in [6.07, 6.45) is 1.63. The van der Waals surface area contributed by atoms with Crippen molar-refractivity contribution in [2.24, 2.45) is 5.73 Å². The molecule has 0 bridgehead atoms. The number of nitrogens with zero attached hydrogens (tertiary/aromatic N) is 2. The third kappa shape index (κ3) is 3.55. The van der Waals surface area contributed by atoms with Crippen LogP contribution in [0.4, 0.5) is 5.69 Å². The first-order valence-electron chi connectivity index (χ1n) is 6.41. The standard InChI is InChI=1S/C15H18N4O/c16-15(17)14-10-13(6-7-18-14)19(8-9-20)11-12-4-2-1-3-5-12/h1-7,10,20H,8-9,11H2,(H3,16,17). The number of aromatic nitrogens is 1. The van der Waals surface area contributed by atoms with Crippen molar-refractivity contribution in [3.63, 3.8) is 0 Å². The molecule has 0 spiro atoms. The second-order valence-corrected chi connectivity index (χ2v) is 4.44. The molecule has 0 saturated carbocycles. The number of aliphatic hydroxyl groups excluding tert-OH is 1. The van der Waals surface area contributed by atoms with Crippen LogP contribution in [-0.4, -0.2) is 29.1 Å². The van der Waals surface area contributed by atoms with E-state index in [4.69, 9.17) is 11.1 Å². The van der Waals surface area contributed by atoms with E-state index in [2.05, 4.69) is 4.98 Å². The highest BCUT2D eigenvalue weighted by molar-refractivity contribution is 5.93. The Hall–Kier alpha value is -2.40. The van der Waals surface area contributed by atoms with E-state index in [0.29, 0.717) is 18.8 Å². The highest BCUT2D eigenvalue weighted by Crippen LogP contribution is 2.17. The smallest absolute Gasteiger partial charge is 0.141 e. The second kappa shape index (κ2) is 6.68. The summed E-state index contributed by atoms with van der Waals surface area (Å²) >= 11 is 0. The Morgan fingerprint density at radius 1 is 1.25 bits per heavy atom. The Kier molecular flexibility index (Phi) is 4.68. The first kappa shape index (κ1) is 14.0. The van der Waals surface area contributed by atoms with Crippen LogP contribution < -0.4 is 10.6 Å². The van der Waals surface area contributed by atoms with Gasteiger partial charge in [-0.3, -0.25) is 10.4 Å².